The van der Waals surface area contributed by atoms with Crippen LogP contribution in [0.1, 0.15) is 20.8 Å². The second-order valence-corrected chi connectivity index (χ2v) is 5.40. The fraction of sp³-hybridized carbons (Fsp3) is 1.00. The van der Waals surface area contributed by atoms with Gasteiger partial charge in [0.15, 0.2) is 0 Å². The standard InChI is InChI=1S/C10H19ClO4/c1-10(2,3)9-8(14)7(13)6(12)5(4-11)15-9/h5-9,12-14H,4H2,1-3H3/t5?,6-,7-,8?,9+/m0/s1. The molecule has 1 aliphatic rings. The van der Waals surface area contributed by atoms with Gasteiger partial charge in [-0.25, -0.2) is 0 Å². The molecule has 0 spiro atoms. The largest absolute Gasteiger partial charge is 0.388 e. The zero-order valence-corrected chi connectivity index (χ0v) is 9.98. The van der Waals surface area contributed by atoms with Crippen LogP contribution in [0.3, 0.4) is 0 Å². The lowest BCUT2D eigenvalue weighted by Crippen LogP contribution is -2.61. The molecule has 1 saturated heterocycles. The lowest BCUT2D eigenvalue weighted by molar-refractivity contribution is -0.238. The minimum absolute atomic E-state index is 0.0948. The van der Waals surface area contributed by atoms with Crippen molar-refractivity contribution in [1.82, 2.24) is 0 Å². The van der Waals surface area contributed by atoms with Gasteiger partial charge in [-0.15, -0.1) is 11.6 Å². The molecule has 0 saturated carbocycles. The Bertz CT molecular complexity index is 214. The summed E-state index contributed by atoms with van der Waals surface area (Å²) in [5.41, 5.74) is -0.315. The van der Waals surface area contributed by atoms with Gasteiger partial charge < -0.3 is 20.1 Å². The van der Waals surface area contributed by atoms with Crippen LogP contribution < -0.4 is 0 Å². The van der Waals surface area contributed by atoms with Gasteiger partial charge in [-0.3, -0.25) is 0 Å². The molecule has 5 atom stereocenters. The van der Waals surface area contributed by atoms with E-state index in [1.54, 1.807) is 0 Å². The lowest BCUT2D eigenvalue weighted by Gasteiger charge is -2.45. The van der Waals surface area contributed by atoms with Gasteiger partial charge >= 0.3 is 0 Å². The van der Waals surface area contributed by atoms with E-state index in [-0.39, 0.29) is 11.3 Å². The molecule has 90 valence electrons. The normalized spacial score (nSPS) is 43.0. The van der Waals surface area contributed by atoms with Crippen LogP contribution in [0.2, 0.25) is 0 Å². The van der Waals surface area contributed by atoms with Crippen LogP contribution in [0.4, 0.5) is 0 Å². The average molecular weight is 239 g/mol. The summed E-state index contributed by atoms with van der Waals surface area (Å²) < 4.78 is 5.50. The first-order valence-electron chi connectivity index (χ1n) is 5.04. The van der Waals surface area contributed by atoms with Gasteiger partial charge in [0.05, 0.1) is 12.0 Å². The number of alkyl halides is 1. The summed E-state index contributed by atoms with van der Waals surface area (Å²) in [7, 11) is 0. The Kier molecular flexibility index (Phi) is 4.01. The highest BCUT2D eigenvalue weighted by Crippen LogP contribution is 2.33. The average Bonchev–Trinajstić information content (AvgIpc) is 2.13. The van der Waals surface area contributed by atoms with Gasteiger partial charge in [-0.1, -0.05) is 20.8 Å². The van der Waals surface area contributed by atoms with Crippen molar-refractivity contribution in [1.29, 1.82) is 0 Å². The van der Waals surface area contributed by atoms with E-state index in [0.29, 0.717) is 0 Å². The molecule has 2 unspecified atom stereocenters. The number of aliphatic hydroxyl groups excluding tert-OH is 3. The molecule has 15 heavy (non-hydrogen) atoms. The van der Waals surface area contributed by atoms with Crippen molar-refractivity contribution < 1.29 is 20.1 Å². The molecule has 1 aliphatic heterocycles. The van der Waals surface area contributed by atoms with Crippen molar-refractivity contribution in [2.75, 3.05) is 5.88 Å². The van der Waals surface area contributed by atoms with Crippen molar-refractivity contribution >= 4 is 11.6 Å². The molecule has 1 heterocycles. The summed E-state index contributed by atoms with van der Waals surface area (Å²) in [5, 5.41) is 29.0. The Morgan fingerprint density at radius 2 is 1.60 bits per heavy atom. The maximum absolute atomic E-state index is 9.78. The smallest absolute Gasteiger partial charge is 0.111 e. The molecule has 0 aliphatic carbocycles. The van der Waals surface area contributed by atoms with E-state index in [9.17, 15) is 15.3 Å². The number of hydrogen-bond acceptors (Lipinski definition) is 4. The van der Waals surface area contributed by atoms with E-state index in [2.05, 4.69) is 0 Å². The molecule has 0 bridgehead atoms. The van der Waals surface area contributed by atoms with Gasteiger partial charge in [0, 0.05) is 0 Å². The van der Waals surface area contributed by atoms with Crippen LogP contribution >= 0.6 is 11.6 Å². The van der Waals surface area contributed by atoms with Crippen LogP contribution in [0.15, 0.2) is 0 Å². The first-order chi connectivity index (χ1) is 6.79. The Balaban J connectivity index is 2.83. The molecule has 1 fully saturated rings. The van der Waals surface area contributed by atoms with Gasteiger partial charge in [-0.05, 0) is 5.41 Å². The third kappa shape index (κ3) is 2.63. The Labute approximate surface area is 94.8 Å². The van der Waals surface area contributed by atoms with Crippen LogP contribution in [0.5, 0.6) is 0 Å². The highest BCUT2D eigenvalue weighted by atomic mass is 35.5. The Morgan fingerprint density at radius 3 is 2.00 bits per heavy atom. The van der Waals surface area contributed by atoms with Crippen molar-refractivity contribution in [3.63, 3.8) is 0 Å². The summed E-state index contributed by atoms with van der Waals surface area (Å²) in [5.74, 6) is 0.0948. The van der Waals surface area contributed by atoms with Crippen molar-refractivity contribution in [2.24, 2.45) is 5.41 Å². The monoisotopic (exact) mass is 238 g/mol. The molecule has 0 amide bonds. The zero-order chi connectivity index (χ0) is 11.8. The first-order valence-corrected chi connectivity index (χ1v) is 5.58. The minimum Gasteiger partial charge on any atom is -0.388 e. The quantitative estimate of drug-likeness (QED) is 0.568. The molecule has 0 radical (unpaired) electrons. The molecule has 3 N–H and O–H groups in total. The van der Waals surface area contributed by atoms with Crippen LogP contribution in [0, 0.1) is 5.41 Å². The van der Waals surface area contributed by atoms with Crippen LogP contribution in [-0.2, 0) is 4.74 Å². The first kappa shape index (κ1) is 13.2. The van der Waals surface area contributed by atoms with E-state index < -0.39 is 30.5 Å². The molecule has 0 aromatic heterocycles. The number of hydrogen-bond donors (Lipinski definition) is 3. The van der Waals surface area contributed by atoms with Crippen LogP contribution in [-0.4, -0.2) is 51.7 Å². The maximum Gasteiger partial charge on any atom is 0.111 e. The maximum atomic E-state index is 9.78. The number of rotatable bonds is 1. The van der Waals surface area contributed by atoms with E-state index >= 15 is 0 Å². The predicted molar refractivity (Wildman–Crippen MR) is 56.9 cm³/mol. The van der Waals surface area contributed by atoms with E-state index in [0.717, 1.165) is 0 Å². The molecular formula is C10H19ClO4. The fourth-order valence-corrected chi connectivity index (χ4v) is 2.05. The summed E-state index contributed by atoms with van der Waals surface area (Å²) in [6.07, 6.45) is -4.57. The summed E-state index contributed by atoms with van der Waals surface area (Å²) in [6.45, 7) is 5.70. The summed E-state index contributed by atoms with van der Waals surface area (Å²) >= 11 is 5.63. The van der Waals surface area contributed by atoms with Crippen molar-refractivity contribution in [2.45, 2.75) is 51.3 Å². The van der Waals surface area contributed by atoms with E-state index in [4.69, 9.17) is 16.3 Å². The highest BCUT2D eigenvalue weighted by molar-refractivity contribution is 6.18. The molecular weight excluding hydrogens is 220 g/mol. The molecule has 1 rings (SSSR count). The fourth-order valence-electron chi connectivity index (χ4n) is 1.79. The van der Waals surface area contributed by atoms with Gasteiger partial charge in [0.1, 0.15) is 24.4 Å². The minimum atomic E-state index is -1.20. The Morgan fingerprint density at radius 1 is 1.07 bits per heavy atom. The highest BCUT2D eigenvalue weighted by Gasteiger charge is 2.47. The van der Waals surface area contributed by atoms with Gasteiger partial charge in [-0.2, -0.15) is 0 Å². The third-order valence-electron chi connectivity index (χ3n) is 2.72. The second kappa shape index (κ2) is 4.55. The second-order valence-electron chi connectivity index (χ2n) is 5.09. The lowest BCUT2D eigenvalue weighted by atomic mass is 9.80. The van der Waals surface area contributed by atoms with Crippen molar-refractivity contribution in [3.05, 3.63) is 0 Å². The van der Waals surface area contributed by atoms with Crippen molar-refractivity contribution in [3.8, 4) is 0 Å². The predicted octanol–water partition coefficient (Wildman–Crippen LogP) is 0.121. The number of ether oxygens (including phenoxy) is 1. The summed E-state index contributed by atoms with van der Waals surface area (Å²) in [4.78, 5) is 0. The van der Waals surface area contributed by atoms with E-state index in [1.807, 2.05) is 20.8 Å². The van der Waals surface area contributed by atoms with Crippen LogP contribution in [0.25, 0.3) is 0 Å². The van der Waals surface area contributed by atoms with E-state index in [1.165, 1.54) is 0 Å². The summed E-state index contributed by atoms with van der Waals surface area (Å²) in [6, 6.07) is 0. The zero-order valence-electron chi connectivity index (χ0n) is 9.22. The third-order valence-corrected chi connectivity index (χ3v) is 3.02. The number of aliphatic hydroxyl groups is 3. The van der Waals surface area contributed by atoms with Gasteiger partial charge in [0.25, 0.3) is 0 Å². The number of halogens is 1. The molecule has 4 nitrogen and oxygen atoms in total. The van der Waals surface area contributed by atoms with Gasteiger partial charge in [0.2, 0.25) is 0 Å². The Hall–Kier alpha value is 0.130. The molecule has 5 heteroatoms. The SMILES string of the molecule is CC(C)(C)[C@@H]1OC(CCl)[C@H](O)[C@H](O)C1O. The molecule has 0 aromatic carbocycles. The molecule has 0 aromatic rings. The topological polar surface area (TPSA) is 69.9 Å².